The number of carbonyl (C=O) groups excluding carboxylic acids is 2. The zero-order valence-electron chi connectivity index (χ0n) is 19.3. The summed E-state index contributed by atoms with van der Waals surface area (Å²) in [6.45, 7) is 14.5. The predicted octanol–water partition coefficient (Wildman–Crippen LogP) is 2.87. The second kappa shape index (κ2) is 25.0. The summed E-state index contributed by atoms with van der Waals surface area (Å²) in [7, 11) is 3.71. The summed E-state index contributed by atoms with van der Waals surface area (Å²) in [6, 6.07) is -0.590. The molecule has 0 aliphatic heterocycles. The van der Waals surface area contributed by atoms with E-state index in [4.69, 9.17) is 0 Å². The lowest BCUT2D eigenvalue weighted by Gasteiger charge is -2.21. The standard InChI is InChI=1S/C17H36N4O2.2C2H6/c1-5-20-13-9-7-11-16(19-4)17(23)21-15(14(2)22)10-6-8-12-18-3;2*1-2/h15-16,18-20H,5-13H2,1-4H3,(H,21,23);2*1-2H3. The number of unbranched alkanes of at least 4 members (excludes halogenated alkanes) is 2. The quantitative estimate of drug-likeness (QED) is 0.324. The van der Waals surface area contributed by atoms with Crippen molar-refractivity contribution in [2.24, 2.45) is 0 Å². The Labute approximate surface area is 169 Å². The highest BCUT2D eigenvalue weighted by Gasteiger charge is 2.21. The van der Waals surface area contributed by atoms with E-state index in [0.29, 0.717) is 6.42 Å². The van der Waals surface area contributed by atoms with Crippen molar-refractivity contribution < 1.29 is 9.59 Å². The maximum Gasteiger partial charge on any atom is 0.237 e. The fourth-order valence-electron chi connectivity index (χ4n) is 2.48. The summed E-state index contributed by atoms with van der Waals surface area (Å²) in [4.78, 5) is 24.1. The smallest absolute Gasteiger partial charge is 0.237 e. The van der Waals surface area contributed by atoms with Crippen molar-refractivity contribution in [3.8, 4) is 0 Å². The van der Waals surface area contributed by atoms with Crippen molar-refractivity contribution in [3.63, 3.8) is 0 Å². The number of amides is 1. The molecular weight excluding hydrogens is 340 g/mol. The van der Waals surface area contributed by atoms with Crippen LogP contribution in [-0.4, -0.2) is 57.5 Å². The van der Waals surface area contributed by atoms with Crippen molar-refractivity contribution >= 4 is 11.7 Å². The Bertz CT molecular complexity index is 325. The zero-order chi connectivity index (χ0) is 21.5. The van der Waals surface area contributed by atoms with Crippen molar-refractivity contribution in [2.75, 3.05) is 33.7 Å². The van der Waals surface area contributed by atoms with Gasteiger partial charge in [-0.15, -0.1) is 0 Å². The van der Waals surface area contributed by atoms with Crippen LogP contribution in [0.5, 0.6) is 0 Å². The first-order valence-electron chi connectivity index (χ1n) is 10.9. The first kappa shape index (κ1) is 30.7. The van der Waals surface area contributed by atoms with Crippen LogP contribution in [-0.2, 0) is 9.59 Å². The number of rotatable bonds is 15. The van der Waals surface area contributed by atoms with E-state index in [1.54, 1.807) is 14.0 Å². The third-order valence-corrected chi connectivity index (χ3v) is 3.99. The molecule has 0 aromatic carbocycles. The maximum atomic E-state index is 12.3. The van der Waals surface area contributed by atoms with Gasteiger partial charge in [0, 0.05) is 0 Å². The highest BCUT2D eigenvalue weighted by atomic mass is 16.2. The van der Waals surface area contributed by atoms with Crippen LogP contribution >= 0.6 is 0 Å². The SMILES string of the molecule is CC.CC.CCNCCCCC(NC)C(=O)NC(CCCCNC)C(C)=O. The van der Waals surface area contributed by atoms with E-state index in [-0.39, 0.29) is 23.8 Å². The molecule has 27 heavy (non-hydrogen) atoms. The van der Waals surface area contributed by atoms with Gasteiger partial charge in [-0.2, -0.15) is 0 Å². The van der Waals surface area contributed by atoms with Gasteiger partial charge in [0.05, 0.1) is 12.1 Å². The average molecular weight is 389 g/mol. The third kappa shape index (κ3) is 19.6. The molecule has 0 fully saturated rings. The van der Waals surface area contributed by atoms with Gasteiger partial charge in [-0.3, -0.25) is 9.59 Å². The Morgan fingerprint density at radius 2 is 1.33 bits per heavy atom. The second-order valence-corrected chi connectivity index (χ2v) is 5.96. The van der Waals surface area contributed by atoms with E-state index in [1.807, 2.05) is 34.7 Å². The average Bonchev–Trinajstić information content (AvgIpc) is 2.69. The van der Waals surface area contributed by atoms with Crippen molar-refractivity contribution in [1.82, 2.24) is 21.3 Å². The first-order chi connectivity index (χ1) is 13.1. The number of hydrogen-bond donors (Lipinski definition) is 4. The van der Waals surface area contributed by atoms with Crippen LogP contribution in [0, 0.1) is 0 Å². The van der Waals surface area contributed by atoms with E-state index < -0.39 is 0 Å². The van der Waals surface area contributed by atoms with Crippen LogP contribution in [0.1, 0.15) is 80.1 Å². The molecule has 6 nitrogen and oxygen atoms in total. The molecule has 0 aromatic rings. The van der Waals surface area contributed by atoms with Crippen molar-refractivity contribution in [1.29, 1.82) is 0 Å². The molecule has 0 saturated heterocycles. The molecule has 0 bridgehead atoms. The fraction of sp³-hybridized carbons (Fsp3) is 0.905. The molecule has 1 amide bonds. The first-order valence-corrected chi connectivity index (χ1v) is 10.9. The van der Waals surface area contributed by atoms with Crippen molar-refractivity contribution in [3.05, 3.63) is 0 Å². The zero-order valence-corrected chi connectivity index (χ0v) is 19.3. The third-order valence-electron chi connectivity index (χ3n) is 3.99. The van der Waals surface area contributed by atoms with Crippen LogP contribution in [0.2, 0.25) is 0 Å². The lowest BCUT2D eigenvalue weighted by molar-refractivity contribution is -0.128. The summed E-state index contributed by atoms with van der Waals surface area (Å²) in [6.07, 6.45) is 5.48. The van der Waals surface area contributed by atoms with Crippen molar-refractivity contribution in [2.45, 2.75) is 92.2 Å². The number of likely N-dealkylation sites (N-methyl/N-ethyl adjacent to an activating group) is 1. The minimum Gasteiger partial charge on any atom is -0.345 e. The topological polar surface area (TPSA) is 82.3 Å². The molecule has 0 spiro atoms. The van der Waals surface area contributed by atoms with Gasteiger partial charge >= 0.3 is 0 Å². The number of Topliss-reactive ketones (excluding diaryl/α,β-unsaturated/α-hetero) is 1. The van der Waals surface area contributed by atoms with Gasteiger partial charge < -0.3 is 21.3 Å². The molecule has 2 unspecified atom stereocenters. The van der Waals surface area contributed by atoms with Gasteiger partial charge in [0.15, 0.2) is 5.78 Å². The van der Waals surface area contributed by atoms with Gasteiger partial charge in [-0.1, -0.05) is 41.0 Å². The van der Waals surface area contributed by atoms with E-state index in [1.165, 1.54) is 0 Å². The summed E-state index contributed by atoms with van der Waals surface area (Å²) >= 11 is 0. The molecule has 4 N–H and O–H groups in total. The Balaban J connectivity index is -0.00000134. The molecule has 0 aliphatic rings. The molecule has 0 aromatic heterocycles. The summed E-state index contributed by atoms with van der Waals surface area (Å²) in [5.41, 5.74) is 0. The van der Waals surface area contributed by atoms with E-state index in [2.05, 4.69) is 28.2 Å². The van der Waals surface area contributed by atoms with Gasteiger partial charge in [0.2, 0.25) is 5.91 Å². The molecule has 0 rings (SSSR count). The minimum absolute atomic E-state index is 0.0322. The van der Waals surface area contributed by atoms with Crippen LogP contribution in [0.4, 0.5) is 0 Å². The summed E-state index contributed by atoms with van der Waals surface area (Å²) in [5, 5.41) is 12.3. The number of nitrogens with one attached hydrogen (secondary N) is 4. The summed E-state index contributed by atoms with van der Waals surface area (Å²) in [5.74, 6) is -0.0328. The van der Waals surface area contributed by atoms with Crippen LogP contribution in [0.15, 0.2) is 0 Å². The van der Waals surface area contributed by atoms with E-state index in [0.717, 1.165) is 51.7 Å². The van der Waals surface area contributed by atoms with Gasteiger partial charge in [0.1, 0.15) is 0 Å². The van der Waals surface area contributed by atoms with Gasteiger partial charge in [-0.25, -0.2) is 0 Å². The Kier molecular flexibility index (Phi) is 28.5. The van der Waals surface area contributed by atoms with Crippen LogP contribution in [0.3, 0.4) is 0 Å². The summed E-state index contributed by atoms with van der Waals surface area (Å²) < 4.78 is 0. The molecule has 0 saturated carbocycles. The normalized spacial score (nSPS) is 12.0. The highest BCUT2D eigenvalue weighted by molar-refractivity contribution is 5.89. The number of carbonyl (C=O) groups is 2. The second-order valence-electron chi connectivity index (χ2n) is 5.96. The molecule has 0 aliphatic carbocycles. The number of ketones is 1. The lowest BCUT2D eigenvalue weighted by atomic mass is 10.0. The molecule has 164 valence electrons. The van der Waals surface area contributed by atoms with Crippen LogP contribution in [0.25, 0.3) is 0 Å². The lowest BCUT2D eigenvalue weighted by Crippen LogP contribution is -2.49. The Morgan fingerprint density at radius 3 is 1.78 bits per heavy atom. The highest BCUT2D eigenvalue weighted by Crippen LogP contribution is 2.05. The van der Waals surface area contributed by atoms with E-state index >= 15 is 0 Å². The fourth-order valence-corrected chi connectivity index (χ4v) is 2.48. The molecule has 0 heterocycles. The Morgan fingerprint density at radius 1 is 0.815 bits per heavy atom. The monoisotopic (exact) mass is 388 g/mol. The predicted molar refractivity (Wildman–Crippen MR) is 118 cm³/mol. The maximum absolute atomic E-state index is 12.3. The van der Waals surface area contributed by atoms with Gasteiger partial charge in [-0.05, 0) is 72.8 Å². The minimum atomic E-state index is -0.364. The Hall–Kier alpha value is -0.980. The molecule has 0 radical (unpaired) electrons. The van der Waals surface area contributed by atoms with Gasteiger partial charge in [0.25, 0.3) is 0 Å². The van der Waals surface area contributed by atoms with Crippen LogP contribution < -0.4 is 21.3 Å². The molecule has 2 atom stereocenters. The molecule has 6 heteroatoms. The van der Waals surface area contributed by atoms with E-state index in [9.17, 15) is 9.59 Å². The largest absolute Gasteiger partial charge is 0.345 e. The number of hydrogen-bond acceptors (Lipinski definition) is 5. The molecular formula is C21H48N4O2.